The van der Waals surface area contributed by atoms with Crippen molar-refractivity contribution in [1.82, 2.24) is 4.90 Å². The van der Waals surface area contributed by atoms with Crippen LogP contribution in [0.5, 0.6) is 0 Å². The van der Waals surface area contributed by atoms with Gasteiger partial charge < -0.3 is 19.8 Å². The van der Waals surface area contributed by atoms with Crippen LogP contribution in [0.4, 0.5) is 9.18 Å². The van der Waals surface area contributed by atoms with Gasteiger partial charge in [0.05, 0.1) is 30.4 Å². The molecular weight excluding hydrogens is 337 g/mol. The molecule has 0 spiro atoms. The van der Waals surface area contributed by atoms with Gasteiger partial charge in [-0.1, -0.05) is 38.4 Å². The van der Waals surface area contributed by atoms with E-state index >= 15 is 0 Å². The van der Waals surface area contributed by atoms with E-state index < -0.39 is 23.9 Å². The minimum Gasteiger partial charge on any atom is -0.465 e. The Labute approximate surface area is 146 Å². The van der Waals surface area contributed by atoms with E-state index in [0.29, 0.717) is 5.56 Å². The average Bonchev–Trinajstić information content (AvgIpc) is 2.69. The second-order valence-corrected chi connectivity index (χ2v) is 7.62. The molecule has 0 aromatic heterocycles. The fraction of sp³-hybridized carbons (Fsp3) is 0.588. The SMILES string of the molecule is CC(C)(C)C1CN(C(=O)O)C[C@H](CO)[C@@H](c2ccc(F)c(Cl)c2)O1. The molecule has 1 fully saturated rings. The van der Waals surface area contributed by atoms with Crippen LogP contribution in [0.1, 0.15) is 32.4 Å². The minimum atomic E-state index is -1.05. The molecule has 1 heterocycles. The first-order valence-corrected chi connectivity index (χ1v) is 8.20. The van der Waals surface area contributed by atoms with E-state index in [0.717, 1.165) is 0 Å². The predicted molar refractivity (Wildman–Crippen MR) is 88.7 cm³/mol. The number of aliphatic hydroxyl groups is 1. The molecule has 1 aliphatic rings. The van der Waals surface area contributed by atoms with Crippen LogP contribution in [-0.2, 0) is 4.74 Å². The van der Waals surface area contributed by atoms with E-state index in [4.69, 9.17) is 16.3 Å². The van der Waals surface area contributed by atoms with Gasteiger partial charge in [-0.25, -0.2) is 9.18 Å². The summed E-state index contributed by atoms with van der Waals surface area (Å²) in [7, 11) is 0. The third kappa shape index (κ3) is 4.18. The van der Waals surface area contributed by atoms with E-state index in [1.165, 1.54) is 17.0 Å². The number of hydrogen-bond acceptors (Lipinski definition) is 3. The van der Waals surface area contributed by atoms with Gasteiger partial charge in [-0.15, -0.1) is 0 Å². The van der Waals surface area contributed by atoms with Crippen molar-refractivity contribution < 1.29 is 24.1 Å². The van der Waals surface area contributed by atoms with Crippen LogP contribution >= 0.6 is 11.6 Å². The molecule has 3 atom stereocenters. The Morgan fingerprint density at radius 2 is 2.08 bits per heavy atom. The Bertz CT molecular complexity index is 605. The predicted octanol–water partition coefficient (Wildman–Crippen LogP) is 3.55. The van der Waals surface area contributed by atoms with Crippen molar-refractivity contribution >= 4 is 17.7 Å². The van der Waals surface area contributed by atoms with Crippen LogP contribution in [0, 0.1) is 17.2 Å². The maximum atomic E-state index is 13.5. The molecule has 1 aliphatic heterocycles. The number of benzene rings is 1. The number of aliphatic hydroxyl groups excluding tert-OH is 1. The van der Waals surface area contributed by atoms with Crippen molar-refractivity contribution in [1.29, 1.82) is 0 Å². The van der Waals surface area contributed by atoms with Crippen molar-refractivity contribution in [2.75, 3.05) is 19.7 Å². The third-order valence-electron chi connectivity index (χ3n) is 4.32. The Morgan fingerprint density at radius 1 is 1.42 bits per heavy atom. The molecule has 1 unspecified atom stereocenters. The van der Waals surface area contributed by atoms with Crippen molar-refractivity contribution in [3.63, 3.8) is 0 Å². The maximum absolute atomic E-state index is 13.5. The Morgan fingerprint density at radius 3 is 2.58 bits per heavy atom. The van der Waals surface area contributed by atoms with Crippen LogP contribution < -0.4 is 0 Å². The summed E-state index contributed by atoms with van der Waals surface area (Å²) >= 11 is 5.87. The van der Waals surface area contributed by atoms with E-state index in [2.05, 4.69) is 0 Å². The summed E-state index contributed by atoms with van der Waals surface area (Å²) < 4.78 is 19.6. The molecule has 2 rings (SSSR count). The number of carboxylic acid groups (broad SMARTS) is 1. The van der Waals surface area contributed by atoms with Gasteiger partial charge >= 0.3 is 6.09 Å². The van der Waals surface area contributed by atoms with Gasteiger partial charge in [-0.3, -0.25) is 0 Å². The highest BCUT2D eigenvalue weighted by Gasteiger charge is 2.39. The lowest BCUT2D eigenvalue weighted by atomic mass is 9.88. The number of nitrogens with zero attached hydrogens (tertiary/aromatic N) is 1. The minimum absolute atomic E-state index is 0.0283. The normalized spacial score (nSPS) is 25.4. The zero-order valence-electron chi connectivity index (χ0n) is 14.0. The average molecular weight is 360 g/mol. The number of ether oxygens (including phenoxy) is 1. The maximum Gasteiger partial charge on any atom is 0.407 e. The molecule has 1 saturated heterocycles. The molecule has 0 bridgehead atoms. The lowest BCUT2D eigenvalue weighted by molar-refractivity contribution is -0.0827. The zero-order valence-corrected chi connectivity index (χ0v) is 14.8. The topological polar surface area (TPSA) is 70.0 Å². The molecule has 0 radical (unpaired) electrons. The smallest absolute Gasteiger partial charge is 0.407 e. The second-order valence-electron chi connectivity index (χ2n) is 7.22. The van der Waals surface area contributed by atoms with Crippen molar-refractivity contribution in [3.8, 4) is 0 Å². The van der Waals surface area contributed by atoms with Gasteiger partial charge in [0.25, 0.3) is 0 Å². The fourth-order valence-corrected chi connectivity index (χ4v) is 3.00. The van der Waals surface area contributed by atoms with Gasteiger partial charge in [0.1, 0.15) is 5.82 Å². The first-order chi connectivity index (χ1) is 11.1. The van der Waals surface area contributed by atoms with E-state index in [9.17, 15) is 19.4 Å². The van der Waals surface area contributed by atoms with Gasteiger partial charge in [0.15, 0.2) is 0 Å². The molecule has 0 aliphatic carbocycles. The van der Waals surface area contributed by atoms with Gasteiger partial charge in [0, 0.05) is 12.5 Å². The fourth-order valence-electron chi connectivity index (χ4n) is 2.81. The highest BCUT2D eigenvalue weighted by atomic mass is 35.5. The summed E-state index contributed by atoms with van der Waals surface area (Å²) in [5.74, 6) is -0.996. The van der Waals surface area contributed by atoms with E-state index in [1.54, 1.807) is 6.07 Å². The van der Waals surface area contributed by atoms with Crippen LogP contribution in [0.3, 0.4) is 0 Å². The van der Waals surface area contributed by atoms with Crippen molar-refractivity contribution in [2.24, 2.45) is 11.3 Å². The van der Waals surface area contributed by atoms with Gasteiger partial charge in [0.2, 0.25) is 0 Å². The Balaban J connectivity index is 2.42. The van der Waals surface area contributed by atoms with Crippen molar-refractivity contribution in [2.45, 2.75) is 33.0 Å². The number of rotatable bonds is 2. The summed E-state index contributed by atoms with van der Waals surface area (Å²) in [5.41, 5.74) is 0.321. The number of halogens is 2. The van der Waals surface area contributed by atoms with Gasteiger partial charge in [-0.05, 0) is 23.1 Å². The highest BCUT2D eigenvalue weighted by Crippen LogP contribution is 2.37. The summed E-state index contributed by atoms with van der Waals surface area (Å²) in [6, 6.07) is 4.28. The Kier molecular flexibility index (Phi) is 5.73. The first-order valence-electron chi connectivity index (χ1n) is 7.82. The molecule has 0 saturated carbocycles. The molecule has 7 heteroatoms. The van der Waals surface area contributed by atoms with Crippen LogP contribution in [0.15, 0.2) is 18.2 Å². The number of carbonyl (C=O) groups is 1. The van der Waals surface area contributed by atoms with E-state index in [1.807, 2.05) is 20.8 Å². The van der Waals surface area contributed by atoms with Crippen molar-refractivity contribution in [3.05, 3.63) is 34.6 Å². The second kappa shape index (κ2) is 7.25. The molecular formula is C17H23ClFNO4. The van der Waals surface area contributed by atoms with E-state index in [-0.39, 0.29) is 36.2 Å². The standard InChI is InChI=1S/C17H23ClFNO4/c1-17(2,3)14-8-20(16(22)23)7-11(9-21)15(24-14)10-4-5-13(19)12(18)6-10/h4-6,11,14-15,21H,7-9H2,1-3H3,(H,22,23)/t11-,14?,15-/m1/s1. The first kappa shape index (κ1) is 19.0. The quantitative estimate of drug-likeness (QED) is 0.847. The van der Waals surface area contributed by atoms with Gasteiger partial charge in [-0.2, -0.15) is 0 Å². The Hall–Kier alpha value is -1.37. The van der Waals surface area contributed by atoms with Crippen LogP contribution in [-0.4, -0.2) is 47.0 Å². The molecule has 1 aromatic rings. The summed E-state index contributed by atoms with van der Waals surface area (Å²) in [6.45, 7) is 5.99. The largest absolute Gasteiger partial charge is 0.465 e. The van der Waals surface area contributed by atoms with Crippen LogP contribution in [0.2, 0.25) is 5.02 Å². The molecule has 134 valence electrons. The molecule has 1 aromatic carbocycles. The summed E-state index contributed by atoms with van der Waals surface area (Å²) in [4.78, 5) is 12.8. The molecule has 1 amide bonds. The number of amides is 1. The lowest BCUT2D eigenvalue weighted by Gasteiger charge is -2.34. The lowest BCUT2D eigenvalue weighted by Crippen LogP contribution is -2.42. The monoisotopic (exact) mass is 359 g/mol. The molecule has 2 N–H and O–H groups in total. The summed E-state index contributed by atoms with van der Waals surface area (Å²) in [6.07, 6.45) is -2.00. The molecule has 24 heavy (non-hydrogen) atoms. The molecule has 5 nitrogen and oxygen atoms in total. The number of hydrogen-bond donors (Lipinski definition) is 2. The summed E-state index contributed by atoms with van der Waals surface area (Å²) in [5, 5.41) is 19.1. The third-order valence-corrected chi connectivity index (χ3v) is 4.61. The van der Waals surface area contributed by atoms with Crippen LogP contribution in [0.25, 0.3) is 0 Å². The highest BCUT2D eigenvalue weighted by molar-refractivity contribution is 6.30. The zero-order chi connectivity index (χ0) is 18.1.